The molecule has 0 aliphatic rings. The maximum Gasteiger partial charge on any atom is 0.460 e. The monoisotopic (exact) mass is 326 g/mol. The lowest BCUT2D eigenvalue weighted by atomic mass is 10.0. The molecule has 0 aromatic heterocycles. The number of halogens is 7. The zero-order valence-corrected chi connectivity index (χ0v) is 10.4. The second kappa shape index (κ2) is 6.39. The van der Waals surface area contributed by atoms with Gasteiger partial charge in [-0.1, -0.05) is 0 Å². The molecule has 0 saturated heterocycles. The summed E-state index contributed by atoms with van der Waals surface area (Å²) in [5.41, 5.74) is 0. The van der Waals surface area contributed by atoms with E-state index >= 15 is 0 Å². The van der Waals surface area contributed by atoms with Crippen LogP contribution in [0.5, 0.6) is 0 Å². The summed E-state index contributed by atoms with van der Waals surface area (Å²) in [6, 6.07) is 0. The molecule has 0 unspecified atom stereocenters. The van der Waals surface area contributed by atoms with Crippen LogP contribution >= 0.6 is 0 Å². The Morgan fingerprint density at radius 3 is 1.76 bits per heavy atom. The first kappa shape index (κ1) is 19.3. The van der Waals surface area contributed by atoms with Gasteiger partial charge in [0.25, 0.3) is 0 Å². The summed E-state index contributed by atoms with van der Waals surface area (Å²) < 4.78 is 90.3. The zero-order chi connectivity index (χ0) is 17.1. The quantitative estimate of drug-likeness (QED) is 0.409. The highest BCUT2D eigenvalue weighted by Gasteiger charge is 2.75. The number of esters is 1. The lowest BCUT2D eigenvalue weighted by molar-refractivity contribution is -0.343. The van der Waals surface area contributed by atoms with Crippen molar-refractivity contribution in [2.45, 2.75) is 37.8 Å². The number of alkyl halides is 7. The van der Waals surface area contributed by atoms with Crippen LogP contribution in [0.1, 0.15) is 19.8 Å². The topological polar surface area (TPSA) is 60.4 Å². The predicted molar refractivity (Wildman–Crippen MR) is 51.8 cm³/mol. The average molecular weight is 326 g/mol. The molecule has 11 heteroatoms. The highest BCUT2D eigenvalue weighted by Crippen LogP contribution is 2.47. The molecule has 0 aromatic rings. The minimum atomic E-state index is -6.67. The van der Waals surface area contributed by atoms with Crippen LogP contribution in [-0.2, 0) is 19.1 Å². The molecule has 0 amide bonds. The summed E-state index contributed by atoms with van der Waals surface area (Å²) in [5, 5.41) is 0. The van der Waals surface area contributed by atoms with Crippen LogP contribution in [0.3, 0.4) is 0 Å². The molecule has 122 valence electrons. The van der Waals surface area contributed by atoms with E-state index in [-0.39, 0.29) is 6.61 Å². The van der Waals surface area contributed by atoms with Gasteiger partial charge in [-0.25, -0.2) is 0 Å². The van der Waals surface area contributed by atoms with Crippen molar-refractivity contribution in [3.63, 3.8) is 0 Å². The van der Waals surface area contributed by atoms with Gasteiger partial charge < -0.3 is 4.74 Å². The Morgan fingerprint density at radius 2 is 1.38 bits per heavy atom. The summed E-state index contributed by atoms with van der Waals surface area (Å²) in [6.45, 7) is 1.16. The standard InChI is InChI=1S/C10H9F7O4/c1-2-21-7(20)4-5(18)3-6(19)8(11,12)9(13,14)10(15,16)17/h2-4H2,1H3. The third kappa shape index (κ3) is 4.39. The highest BCUT2D eigenvalue weighted by atomic mass is 19.4. The van der Waals surface area contributed by atoms with Crippen molar-refractivity contribution in [1.82, 2.24) is 0 Å². The number of ketones is 2. The van der Waals surface area contributed by atoms with Crippen molar-refractivity contribution in [1.29, 1.82) is 0 Å². The van der Waals surface area contributed by atoms with Crippen LogP contribution < -0.4 is 0 Å². The first-order valence-electron chi connectivity index (χ1n) is 5.30. The van der Waals surface area contributed by atoms with E-state index in [1.807, 2.05) is 0 Å². The van der Waals surface area contributed by atoms with Crippen molar-refractivity contribution in [2.75, 3.05) is 6.61 Å². The van der Waals surface area contributed by atoms with Gasteiger partial charge in [0.2, 0.25) is 5.78 Å². The Bertz CT molecular complexity index is 428. The first-order chi connectivity index (χ1) is 9.27. The molecule has 0 aliphatic carbocycles. The van der Waals surface area contributed by atoms with Crippen molar-refractivity contribution in [3.05, 3.63) is 0 Å². The van der Waals surface area contributed by atoms with Gasteiger partial charge in [-0.3, -0.25) is 14.4 Å². The summed E-state index contributed by atoms with van der Waals surface area (Å²) in [5.74, 6) is -18.5. The van der Waals surface area contributed by atoms with Gasteiger partial charge in [0.1, 0.15) is 6.42 Å². The lowest BCUT2D eigenvalue weighted by Crippen LogP contribution is -2.56. The van der Waals surface area contributed by atoms with E-state index in [1.165, 1.54) is 6.92 Å². The van der Waals surface area contributed by atoms with E-state index in [4.69, 9.17) is 0 Å². The smallest absolute Gasteiger partial charge is 0.460 e. The van der Waals surface area contributed by atoms with Crippen LogP contribution in [0.15, 0.2) is 0 Å². The Hall–Kier alpha value is -1.68. The lowest BCUT2D eigenvalue weighted by Gasteiger charge is -2.26. The maximum atomic E-state index is 12.8. The molecule has 0 heterocycles. The molecular formula is C10H9F7O4. The maximum absolute atomic E-state index is 12.8. The molecule has 0 bridgehead atoms. The van der Waals surface area contributed by atoms with Gasteiger partial charge in [0.15, 0.2) is 5.78 Å². The molecule has 0 atom stereocenters. The molecule has 0 fully saturated rings. The highest BCUT2D eigenvalue weighted by molar-refractivity contribution is 6.07. The number of carbonyl (C=O) groups excluding carboxylic acids is 3. The van der Waals surface area contributed by atoms with Crippen molar-refractivity contribution >= 4 is 17.5 Å². The van der Waals surface area contributed by atoms with Gasteiger partial charge in [0.05, 0.1) is 13.0 Å². The molecule has 0 aromatic carbocycles. The molecule has 0 N–H and O–H groups in total. The van der Waals surface area contributed by atoms with E-state index in [9.17, 15) is 45.1 Å². The minimum absolute atomic E-state index is 0.178. The van der Waals surface area contributed by atoms with Crippen LogP contribution in [-0.4, -0.2) is 42.2 Å². The number of rotatable bonds is 7. The second-order valence-electron chi connectivity index (χ2n) is 3.77. The Labute approximate surface area is 113 Å². The number of hydrogen-bond donors (Lipinski definition) is 0. The fraction of sp³-hybridized carbons (Fsp3) is 0.700. The summed E-state index contributed by atoms with van der Waals surface area (Å²) in [6.07, 6.45) is -9.80. The van der Waals surface area contributed by atoms with Crippen LogP contribution in [0, 0.1) is 0 Å². The van der Waals surface area contributed by atoms with Crippen LogP contribution in [0.2, 0.25) is 0 Å². The number of hydrogen-bond acceptors (Lipinski definition) is 4. The average Bonchev–Trinajstić information content (AvgIpc) is 2.26. The van der Waals surface area contributed by atoms with E-state index in [1.54, 1.807) is 0 Å². The second-order valence-corrected chi connectivity index (χ2v) is 3.77. The largest absolute Gasteiger partial charge is 0.466 e. The minimum Gasteiger partial charge on any atom is -0.466 e. The van der Waals surface area contributed by atoms with Crippen molar-refractivity contribution in [3.8, 4) is 0 Å². The Kier molecular flexibility index (Phi) is 5.88. The number of Topliss-reactive ketones (excluding diaryl/α,β-unsaturated/α-hetero) is 2. The molecule has 0 aliphatic heterocycles. The van der Waals surface area contributed by atoms with Gasteiger partial charge >= 0.3 is 24.0 Å². The van der Waals surface area contributed by atoms with Crippen LogP contribution in [0.4, 0.5) is 30.7 Å². The van der Waals surface area contributed by atoms with Gasteiger partial charge in [-0.05, 0) is 6.92 Å². The van der Waals surface area contributed by atoms with Gasteiger partial charge in [-0.2, -0.15) is 30.7 Å². The normalized spacial score (nSPS) is 13.0. The van der Waals surface area contributed by atoms with Gasteiger partial charge in [0, 0.05) is 0 Å². The summed E-state index contributed by atoms with van der Waals surface area (Å²) >= 11 is 0. The van der Waals surface area contributed by atoms with Crippen LogP contribution in [0.25, 0.3) is 0 Å². The number of ether oxygens (including phenoxy) is 1. The fourth-order valence-electron chi connectivity index (χ4n) is 1.08. The molecule has 0 radical (unpaired) electrons. The number of carbonyl (C=O) groups is 3. The molecule has 0 saturated carbocycles. The van der Waals surface area contributed by atoms with E-state index < -0.39 is 48.4 Å². The third-order valence-electron chi connectivity index (χ3n) is 2.11. The van der Waals surface area contributed by atoms with Crippen molar-refractivity contribution in [2.24, 2.45) is 0 Å². The van der Waals surface area contributed by atoms with E-state index in [0.717, 1.165) is 0 Å². The SMILES string of the molecule is CCOC(=O)CC(=O)CC(=O)C(F)(F)C(F)(F)C(F)(F)F. The van der Waals surface area contributed by atoms with E-state index in [2.05, 4.69) is 4.74 Å². The first-order valence-corrected chi connectivity index (χ1v) is 5.30. The molecule has 4 nitrogen and oxygen atoms in total. The van der Waals surface area contributed by atoms with Gasteiger partial charge in [-0.15, -0.1) is 0 Å². The fourth-order valence-corrected chi connectivity index (χ4v) is 1.08. The third-order valence-corrected chi connectivity index (χ3v) is 2.11. The van der Waals surface area contributed by atoms with Crippen molar-refractivity contribution < 1.29 is 49.9 Å². The zero-order valence-electron chi connectivity index (χ0n) is 10.4. The Morgan fingerprint density at radius 1 is 0.905 bits per heavy atom. The summed E-state index contributed by atoms with van der Waals surface area (Å²) in [4.78, 5) is 32.6. The van der Waals surface area contributed by atoms with E-state index in [0.29, 0.717) is 0 Å². The predicted octanol–water partition coefficient (Wildman–Crippen LogP) is 2.30. The molecule has 21 heavy (non-hydrogen) atoms. The molecular weight excluding hydrogens is 317 g/mol. The Balaban J connectivity index is 4.94. The molecule has 0 rings (SSSR count). The summed E-state index contributed by atoms with van der Waals surface area (Å²) in [7, 11) is 0. The molecule has 0 spiro atoms.